The number of aliphatic imine (C=N–C) groups is 2. The minimum absolute atomic E-state index is 0.206. The van der Waals surface area contributed by atoms with Crippen molar-refractivity contribution in [2.75, 3.05) is 6.54 Å². The van der Waals surface area contributed by atoms with E-state index in [1.165, 1.54) is 17.0 Å². The van der Waals surface area contributed by atoms with Crippen LogP contribution >= 0.6 is 0 Å². The van der Waals surface area contributed by atoms with Crippen molar-refractivity contribution in [1.29, 1.82) is 0 Å². The van der Waals surface area contributed by atoms with Gasteiger partial charge in [-0.3, -0.25) is 0 Å². The summed E-state index contributed by atoms with van der Waals surface area (Å²) in [6.45, 7) is -0.264. The van der Waals surface area contributed by atoms with Crippen LogP contribution in [-0.2, 0) is 9.53 Å². The van der Waals surface area contributed by atoms with E-state index in [0.717, 1.165) is 0 Å². The number of rotatable bonds is 3. The number of guanidine groups is 2. The number of esters is 1. The van der Waals surface area contributed by atoms with Gasteiger partial charge in [-0.2, -0.15) is 0 Å². The Bertz CT molecular complexity index is 902. The maximum atomic E-state index is 12.4. The van der Waals surface area contributed by atoms with Gasteiger partial charge in [-0.15, -0.1) is 0 Å². The highest BCUT2D eigenvalue weighted by Gasteiger charge is 2.75. The standard InChI is InChI=1S/C16H18N6O6/c17-13-20-10-9(11(23)24)19-14(18)22-6-8(16(26,27)15(10,22)21-13)28-12(25)7-4-2-1-3-5-7/h1-5,8-10,26-27H,6H2,(H2,18,19)(H,23,24)(H3,17,20,21)/t8-,9+,10-,15-/m0/s1. The Labute approximate surface area is 158 Å². The largest absolute Gasteiger partial charge is 0.480 e. The van der Waals surface area contributed by atoms with Gasteiger partial charge in [0.05, 0.1) is 12.1 Å². The second-order valence-electron chi connectivity index (χ2n) is 6.72. The number of carboxylic acid groups (broad SMARTS) is 1. The second-order valence-corrected chi connectivity index (χ2v) is 6.72. The van der Waals surface area contributed by atoms with Crippen LogP contribution in [0.3, 0.4) is 0 Å². The Kier molecular flexibility index (Phi) is 3.73. The third kappa shape index (κ3) is 2.25. The van der Waals surface area contributed by atoms with Crippen molar-refractivity contribution in [1.82, 2.24) is 10.2 Å². The van der Waals surface area contributed by atoms with Crippen LogP contribution in [0.25, 0.3) is 0 Å². The first-order chi connectivity index (χ1) is 13.2. The zero-order valence-corrected chi connectivity index (χ0v) is 14.4. The molecule has 28 heavy (non-hydrogen) atoms. The van der Waals surface area contributed by atoms with Crippen LogP contribution in [0.2, 0.25) is 0 Å². The van der Waals surface area contributed by atoms with Crippen molar-refractivity contribution in [2.24, 2.45) is 21.5 Å². The number of nitrogens with one attached hydrogen (secondary N) is 1. The lowest BCUT2D eigenvalue weighted by atomic mass is 9.85. The van der Waals surface area contributed by atoms with Crippen LogP contribution < -0.4 is 16.8 Å². The normalized spacial score (nSPS) is 32.5. The maximum absolute atomic E-state index is 12.4. The fourth-order valence-corrected chi connectivity index (χ4v) is 3.90. The third-order valence-corrected chi connectivity index (χ3v) is 5.17. The summed E-state index contributed by atoms with van der Waals surface area (Å²) in [6.07, 6.45) is -1.49. The van der Waals surface area contributed by atoms with Gasteiger partial charge in [0, 0.05) is 0 Å². The molecular weight excluding hydrogens is 372 g/mol. The number of aliphatic hydroxyl groups is 2. The summed E-state index contributed by atoms with van der Waals surface area (Å²) < 4.78 is 5.32. The number of nitrogens with zero attached hydrogens (tertiary/aromatic N) is 3. The van der Waals surface area contributed by atoms with E-state index in [-0.39, 0.29) is 24.0 Å². The Hall–Kier alpha value is -3.38. The molecule has 4 atom stereocenters. The highest BCUT2D eigenvalue weighted by molar-refractivity contribution is 5.92. The highest BCUT2D eigenvalue weighted by atomic mass is 16.6. The number of ether oxygens (including phenoxy) is 1. The van der Waals surface area contributed by atoms with Crippen LogP contribution in [0.15, 0.2) is 40.3 Å². The van der Waals surface area contributed by atoms with Crippen LogP contribution in [0.1, 0.15) is 10.4 Å². The Morgan fingerprint density at radius 3 is 2.54 bits per heavy atom. The summed E-state index contributed by atoms with van der Waals surface area (Å²) >= 11 is 0. The number of nitrogens with two attached hydrogens (primary N) is 2. The molecule has 1 saturated heterocycles. The fourth-order valence-electron chi connectivity index (χ4n) is 3.90. The molecule has 0 aliphatic carbocycles. The predicted octanol–water partition coefficient (Wildman–Crippen LogP) is -3.03. The van der Waals surface area contributed by atoms with Crippen molar-refractivity contribution >= 4 is 23.9 Å². The van der Waals surface area contributed by atoms with Gasteiger partial charge in [-0.05, 0) is 12.1 Å². The molecule has 3 heterocycles. The molecule has 0 unspecified atom stereocenters. The predicted molar refractivity (Wildman–Crippen MR) is 93.8 cm³/mol. The summed E-state index contributed by atoms with van der Waals surface area (Å²) in [5.74, 6) is -5.42. The van der Waals surface area contributed by atoms with Crippen molar-refractivity contribution in [2.45, 2.75) is 29.6 Å². The Morgan fingerprint density at radius 2 is 1.89 bits per heavy atom. The molecular formula is C16H18N6O6. The number of carboxylic acids is 1. The number of carbonyl (C=O) groups is 2. The van der Waals surface area contributed by atoms with Gasteiger partial charge in [-0.1, -0.05) is 18.2 Å². The zero-order chi connectivity index (χ0) is 20.3. The van der Waals surface area contributed by atoms with Crippen molar-refractivity contribution in [3.05, 3.63) is 35.9 Å². The third-order valence-electron chi connectivity index (χ3n) is 5.17. The summed E-state index contributed by atoms with van der Waals surface area (Å²) in [5, 5.41) is 34.1. The number of aliphatic carboxylic acids is 1. The Morgan fingerprint density at radius 1 is 1.21 bits per heavy atom. The second kappa shape index (κ2) is 5.81. The molecule has 0 radical (unpaired) electrons. The molecule has 4 rings (SSSR count). The molecule has 0 saturated carbocycles. The van der Waals surface area contributed by atoms with Gasteiger partial charge < -0.3 is 41.7 Å². The van der Waals surface area contributed by atoms with E-state index in [2.05, 4.69) is 15.3 Å². The van der Waals surface area contributed by atoms with Crippen molar-refractivity contribution < 1.29 is 29.6 Å². The molecule has 0 amide bonds. The summed E-state index contributed by atoms with van der Waals surface area (Å²) in [7, 11) is 0. The van der Waals surface area contributed by atoms with Crippen LogP contribution in [0.4, 0.5) is 0 Å². The molecule has 12 nitrogen and oxygen atoms in total. The SMILES string of the molecule is NC1=N[C@H]2[C@H](C(=O)O)N=C(N)N3C[C@H](OC(=O)c4ccccc4)C(O)(O)[C@]23N1. The molecule has 3 aliphatic heterocycles. The van der Waals surface area contributed by atoms with Crippen LogP contribution in [-0.4, -0.2) is 80.3 Å². The van der Waals surface area contributed by atoms with E-state index in [4.69, 9.17) is 16.2 Å². The van der Waals surface area contributed by atoms with E-state index < -0.39 is 41.6 Å². The first-order valence-corrected chi connectivity index (χ1v) is 8.34. The topological polar surface area (TPSA) is 196 Å². The van der Waals surface area contributed by atoms with Gasteiger partial charge in [0.25, 0.3) is 0 Å². The lowest BCUT2D eigenvalue weighted by Crippen LogP contribution is -2.77. The number of carbonyl (C=O) groups excluding carboxylic acids is 1. The maximum Gasteiger partial charge on any atom is 0.338 e. The smallest absolute Gasteiger partial charge is 0.338 e. The lowest BCUT2D eigenvalue weighted by Gasteiger charge is -2.47. The van der Waals surface area contributed by atoms with Crippen molar-refractivity contribution in [3.8, 4) is 0 Å². The van der Waals surface area contributed by atoms with Gasteiger partial charge in [-0.25, -0.2) is 19.6 Å². The van der Waals surface area contributed by atoms with E-state index in [1.807, 2.05) is 0 Å². The average molecular weight is 390 g/mol. The quantitative estimate of drug-likeness (QED) is 0.228. The number of hydrogen-bond acceptors (Lipinski definition) is 11. The number of benzene rings is 1. The lowest BCUT2D eigenvalue weighted by molar-refractivity contribution is -0.256. The van der Waals surface area contributed by atoms with Crippen molar-refractivity contribution in [3.63, 3.8) is 0 Å². The van der Waals surface area contributed by atoms with Crippen LogP contribution in [0, 0.1) is 0 Å². The van der Waals surface area contributed by atoms with E-state index in [9.17, 15) is 24.9 Å². The van der Waals surface area contributed by atoms with E-state index >= 15 is 0 Å². The first-order valence-electron chi connectivity index (χ1n) is 8.34. The minimum atomic E-state index is -2.78. The molecule has 12 heteroatoms. The van der Waals surface area contributed by atoms with E-state index in [1.54, 1.807) is 18.2 Å². The van der Waals surface area contributed by atoms with Gasteiger partial charge in [0.1, 0.15) is 6.04 Å². The van der Waals surface area contributed by atoms with Crippen LogP contribution in [0.5, 0.6) is 0 Å². The fraction of sp³-hybridized carbons (Fsp3) is 0.375. The van der Waals surface area contributed by atoms with Gasteiger partial charge >= 0.3 is 11.9 Å². The molecule has 1 fully saturated rings. The first kappa shape index (κ1) is 18.0. The van der Waals surface area contributed by atoms with Gasteiger partial charge in [0.15, 0.2) is 29.7 Å². The monoisotopic (exact) mass is 390 g/mol. The zero-order valence-electron chi connectivity index (χ0n) is 14.4. The summed E-state index contributed by atoms with van der Waals surface area (Å²) in [6, 6.07) is 5.16. The molecule has 1 spiro atoms. The Balaban J connectivity index is 1.72. The van der Waals surface area contributed by atoms with Gasteiger partial charge in [0.2, 0.25) is 5.79 Å². The molecule has 148 valence electrons. The molecule has 8 N–H and O–H groups in total. The molecule has 3 aliphatic rings. The molecule has 0 bridgehead atoms. The average Bonchev–Trinajstić information content (AvgIpc) is 3.11. The molecule has 1 aromatic carbocycles. The minimum Gasteiger partial charge on any atom is -0.480 e. The number of hydrogen-bond donors (Lipinski definition) is 6. The summed E-state index contributed by atoms with van der Waals surface area (Å²) in [5.41, 5.74) is 9.85. The molecule has 1 aromatic rings. The summed E-state index contributed by atoms with van der Waals surface area (Å²) in [4.78, 5) is 33.1. The highest BCUT2D eigenvalue weighted by Crippen LogP contribution is 2.45. The molecule has 0 aromatic heterocycles. The van der Waals surface area contributed by atoms with E-state index in [0.29, 0.717) is 0 Å².